The van der Waals surface area contributed by atoms with Crippen LogP contribution in [-0.4, -0.2) is 40.6 Å². The van der Waals surface area contributed by atoms with E-state index < -0.39 is 0 Å². The van der Waals surface area contributed by atoms with Gasteiger partial charge in [0.2, 0.25) is 0 Å². The van der Waals surface area contributed by atoms with Crippen molar-refractivity contribution < 1.29 is 18.3 Å². The molecule has 0 amide bonds. The van der Waals surface area contributed by atoms with Gasteiger partial charge in [-0.15, -0.1) is 0 Å². The summed E-state index contributed by atoms with van der Waals surface area (Å²) in [5.41, 5.74) is 1.48. The Hall–Kier alpha value is -3.07. The third-order valence-corrected chi connectivity index (χ3v) is 4.26. The van der Waals surface area contributed by atoms with Gasteiger partial charge in [0.05, 0.1) is 24.8 Å². The maximum atomic E-state index is 13.7. The summed E-state index contributed by atoms with van der Waals surface area (Å²) in [5.74, 6) is 0.248. The lowest BCUT2D eigenvalue weighted by atomic mass is 10.2. The van der Waals surface area contributed by atoms with E-state index in [1.807, 2.05) is 20.8 Å². The first-order valence-corrected chi connectivity index (χ1v) is 10.5. The normalized spacial score (nSPS) is 11.5. The van der Waals surface area contributed by atoms with Gasteiger partial charge in [0.25, 0.3) is 0 Å². The minimum atomic E-state index is -0.379. The molecule has 0 aromatic carbocycles. The fraction of sp³-hybridized carbons (Fsp3) is 0.455. The Kier molecular flexibility index (Phi) is 9.83. The SMILES string of the molecule is CC.CCOC(=O)C(C)CNCCc1nc2c(NCc3ncccc3F)nccc2o1. The molecule has 3 aromatic heterocycles. The summed E-state index contributed by atoms with van der Waals surface area (Å²) in [6, 6.07) is 4.64. The molecule has 1 unspecified atom stereocenters. The van der Waals surface area contributed by atoms with Crippen molar-refractivity contribution in [3.8, 4) is 0 Å². The summed E-state index contributed by atoms with van der Waals surface area (Å²) in [5, 5.41) is 6.26. The van der Waals surface area contributed by atoms with Crippen LogP contribution >= 0.6 is 0 Å². The van der Waals surface area contributed by atoms with Gasteiger partial charge >= 0.3 is 5.97 Å². The summed E-state index contributed by atoms with van der Waals surface area (Å²) in [7, 11) is 0. The quantitative estimate of drug-likeness (QED) is 0.370. The van der Waals surface area contributed by atoms with E-state index in [0.29, 0.717) is 54.6 Å². The summed E-state index contributed by atoms with van der Waals surface area (Å²) in [6.07, 6.45) is 3.70. The van der Waals surface area contributed by atoms with Crippen LogP contribution in [0, 0.1) is 11.7 Å². The van der Waals surface area contributed by atoms with Crippen LogP contribution in [0.25, 0.3) is 11.1 Å². The van der Waals surface area contributed by atoms with Gasteiger partial charge in [0.15, 0.2) is 22.8 Å². The molecule has 3 heterocycles. The van der Waals surface area contributed by atoms with Crippen molar-refractivity contribution in [1.29, 1.82) is 0 Å². The minimum Gasteiger partial charge on any atom is -0.466 e. The van der Waals surface area contributed by atoms with E-state index in [4.69, 9.17) is 9.15 Å². The molecule has 0 aliphatic carbocycles. The highest BCUT2D eigenvalue weighted by Gasteiger charge is 2.14. The summed E-state index contributed by atoms with van der Waals surface area (Å²) in [6.45, 7) is 9.29. The van der Waals surface area contributed by atoms with Crippen molar-refractivity contribution >= 4 is 22.9 Å². The smallest absolute Gasteiger partial charge is 0.309 e. The second kappa shape index (κ2) is 12.6. The van der Waals surface area contributed by atoms with Crippen molar-refractivity contribution in [3.05, 3.63) is 48.0 Å². The summed E-state index contributed by atoms with van der Waals surface area (Å²) >= 11 is 0. The standard InChI is InChI=1S/C20H24FN5O3.C2H6/c1-3-28-20(27)13(2)11-22-9-7-17-26-18-16(29-17)6-10-24-19(18)25-12-15-14(21)5-4-8-23-15;1-2/h4-6,8,10,13,22H,3,7,9,11-12H2,1-2H3,(H,24,25);1-2H3. The number of oxazole rings is 1. The molecule has 0 saturated heterocycles. The van der Waals surface area contributed by atoms with E-state index in [1.165, 1.54) is 12.3 Å². The monoisotopic (exact) mass is 431 g/mol. The van der Waals surface area contributed by atoms with Crippen LogP contribution in [0.5, 0.6) is 0 Å². The molecule has 8 nitrogen and oxygen atoms in total. The van der Waals surface area contributed by atoms with Gasteiger partial charge in [-0.05, 0) is 19.1 Å². The Labute approximate surface area is 181 Å². The number of esters is 1. The van der Waals surface area contributed by atoms with Crippen LogP contribution in [0.3, 0.4) is 0 Å². The molecule has 0 saturated carbocycles. The van der Waals surface area contributed by atoms with Crippen molar-refractivity contribution in [2.24, 2.45) is 5.92 Å². The summed E-state index contributed by atoms with van der Waals surface area (Å²) < 4.78 is 24.5. The molecule has 0 fully saturated rings. The van der Waals surface area contributed by atoms with E-state index in [2.05, 4.69) is 25.6 Å². The molecule has 168 valence electrons. The minimum absolute atomic E-state index is 0.189. The molecule has 0 bridgehead atoms. The molecule has 0 aliphatic rings. The fourth-order valence-electron chi connectivity index (χ4n) is 2.74. The molecule has 2 N–H and O–H groups in total. The maximum Gasteiger partial charge on any atom is 0.309 e. The first kappa shape index (κ1) is 24.2. The number of fused-ring (bicyclic) bond motifs is 1. The fourth-order valence-corrected chi connectivity index (χ4v) is 2.74. The molecular weight excluding hydrogens is 401 g/mol. The number of pyridine rings is 2. The van der Waals surface area contributed by atoms with Crippen molar-refractivity contribution in [3.63, 3.8) is 0 Å². The number of anilines is 1. The van der Waals surface area contributed by atoms with Gasteiger partial charge in [-0.2, -0.15) is 0 Å². The second-order valence-electron chi connectivity index (χ2n) is 6.51. The van der Waals surface area contributed by atoms with Crippen molar-refractivity contribution in [1.82, 2.24) is 20.3 Å². The second-order valence-corrected chi connectivity index (χ2v) is 6.51. The third-order valence-electron chi connectivity index (χ3n) is 4.26. The van der Waals surface area contributed by atoms with Crippen molar-refractivity contribution in [2.45, 2.75) is 40.7 Å². The molecule has 9 heteroatoms. The molecule has 0 spiro atoms. The van der Waals surface area contributed by atoms with Gasteiger partial charge in [-0.3, -0.25) is 9.78 Å². The van der Waals surface area contributed by atoms with Crippen LogP contribution in [0.1, 0.15) is 39.3 Å². The van der Waals surface area contributed by atoms with Crippen LogP contribution in [0.2, 0.25) is 0 Å². The Bertz CT molecular complexity index is 963. The Balaban J connectivity index is 0.00000166. The van der Waals surface area contributed by atoms with E-state index in [0.717, 1.165) is 0 Å². The van der Waals surface area contributed by atoms with E-state index >= 15 is 0 Å². The predicted octanol–water partition coefficient (Wildman–Crippen LogP) is 3.73. The lowest BCUT2D eigenvalue weighted by molar-refractivity contribution is -0.147. The van der Waals surface area contributed by atoms with Crippen LogP contribution in [0.15, 0.2) is 35.0 Å². The predicted molar refractivity (Wildman–Crippen MR) is 117 cm³/mol. The number of hydrogen-bond acceptors (Lipinski definition) is 8. The first-order valence-electron chi connectivity index (χ1n) is 10.5. The molecule has 31 heavy (non-hydrogen) atoms. The average molecular weight is 432 g/mol. The van der Waals surface area contributed by atoms with Crippen LogP contribution in [0.4, 0.5) is 10.2 Å². The number of rotatable bonds is 10. The van der Waals surface area contributed by atoms with Gasteiger partial charge in [-0.1, -0.05) is 20.8 Å². The molecule has 0 radical (unpaired) electrons. The maximum absolute atomic E-state index is 13.7. The zero-order valence-corrected chi connectivity index (χ0v) is 18.4. The lowest BCUT2D eigenvalue weighted by Crippen LogP contribution is -2.29. The topological polar surface area (TPSA) is 102 Å². The lowest BCUT2D eigenvalue weighted by Gasteiger charge is -2.10. The highest BCUT2D eigenvalue weighted by Crippen LogP contribution is 2.22. The van der Waals surface area contributed by atoms with Gasteiger partial charge in [-0.25, -0.2) is 14.4 Å². The van der Waals surface area contributed by atoms with Gasteiger partial charge in [0, 0.05) is 38.0 Å². The van der Waals surface area contributed by atoms with Gasteiger partial charge < -0.3 is 19.8 Å². The number of nitrogens with zero attached hydrogens (tertiary/aromatic N) is 3. The highest BCUT2D eigenvalue weighted by molar-refractivity contribution is 5.83. The van der Waals surface area contributed by atoms with E-state index in [9.17, 15) is 9.18 Å². The zero-order valence-electron chi connectivity index (χ0n) is 18.4. The Morgan fingerprint density at radius 1 is 1.26 bits per heavy atom. The Morgan fingerprint density at radius 3 is 2.81 bits per heavy atom. The molecule has 1 atom stereocenters. The molecule has 3 rings (SSSR count). The highest BCUT2D eigenvalue weighted by atomic mass is 19.1. The van der Waals surface area contributed by atoms with Crippen molar-refractivity contribution in [2.75, 3.05) is 25.0 Å². The number of hydrogen-bond donors (Lipinski definition) is 2. The van der Waals surface area contributed by atoms with E-state index in [-0.39, 0.29) is 24.2 Å². The van der Waals surface area contributed by atoms with Crippen LogP contribution < -0.4 is 10.6 Å². The number of aromatic nitrogens is 3. The first-order chi connectivity index (χ1) is 15.1. The largest absolute Gasteiger partial charge is 0.466 e. The van der Waals surface area contributed by atoms with E-state index in [1.54, 1.807) is 25.3 Å². The molecule has 3 aromatic rings. The number of carbonyl (C=O) groups excluding carboxylic acids is 1. The Morgan fingerprint density at radius 2 is 2.06 bits per heavy atom. The van der Waals surface area contributed by atoms with Crippen LogP contribution in [-0.2, 0) is 22.5 Å². The number of halogens is 1. The number of carbonyl (C=O) groups is 1. The number of nitrogens with one attached hydrogen (secondary N) is 2. The van der Waals surface area contributed by atoms with Gasteiger partial charge in [0.1, 0.15) is 5.82 Å². The molecule has 0 aliphatic heterocycles. The summed E-state index contributed by atoms with van der Waals surface area (Å²) in [4.78, 5) is 24.4. The zero-order chi connectivity index (χ0) is 22.6. The molecular formula is C22H30FN5O3. The average Bonchev–Trinajstić information content (AvgIpc) is 3.21. The third kappa shape index (κ3) is 6.99. The number of ether oxygens (including phenoxy) is 1.